The number of carbonyl (C=O) groups is 1. The average Bonchev–Trinajstić information content (AvgIpc) is 3.41. The highest BCUT2D eigenvalue weighted by Crippen LogP contribution is 2.39. The number of rotatable bonds is 9. The molecule has 1 saturated heterocycles. The van der Waals surface area contributed by atoms with Crippen LogP contribution in [0, 0.1) is 0 Å². The summed E-state index contributed by atoms with van der Waals surface area (Å²) in [6.45, 7) is 4.17. The Morgan fingerprint density at radius 3 is 2.78 bits per heavy atom. The first-order chi connectivity index (χ1) is 15.6. The average molecular weight is 438 g/mol. The van der Waals surface area contributed by atoms with Crippen LogP contribution in [0.4, 0.5) is 0 Å². The number of hydrogen-bond donors (Lipinski definition) is 2. The first-order valence-electron chi connectivity index (χ1n) is 11.5. The molecule has 2 heterocycles. The fourth-order valence-electron chi connectivity index (χ4n) is 4.82. The summed E-state index contributed by atoms with van der Waals surface area (Å²) in [5.74, 6) is 0.185. The third-order valence-corrected chi connectivity index (χ3v) is 6.29. The Labute approximate surface area is 188 Å². The highest BCUT2D eigenvalue weighted by atomic mass is 16.5. The molecule has 1 atom stereocenters. The fourth-order valence-corrected chi connectivity index (χ4v) is 4.82. The third kappa shape index (κ3) is 4.52. The van der Waals surface area contributed by atoms with Crippen molar-refractivity contribution in [3.8, 4) is 17.1 Å². The Kier molecular flexibility index (Phi) is 7.12. The van der Waals surface area contributed by atoms with Crippen LogP contribution in [0.25, 0.3) is 22.3 Å². The molecule has 1 aromatic heterocycles. The van der Waals surface area contributed by atoms with Gasteiger partial charge in [0.15, 0.2) is 0 Å². The zero-order chi connectivity index (χ0) is 22.5. The first kappa shape index (κ1) is 22.4. The summed E-state index contributed by atoms with van der Waals surface area (Å²) < 4.78 is 11.5. The van der Waals surface area contributed by atoms with Crippen LogP contribution < -0.4 is 0 Å². The first-order valence-corrected chi connectivity index (χ1v) is 11.5. The number of likely N-dealkylation sites (tertiary alicyclic amines) is 1. The quantitative estimate of drug-likeness (QED) is 0.470. The van der Waals surface area contributed by atoms with Crippen LogP contribution in [-0.2, 0) is 11.2 Å². The van der Waals surface area contributed by atoms with Gasteiger partial charge in [-0.15, -0.1) is 0 Å². The Hall–Kier alpha value is -2.83. The molecule has 170 valence electrons. The van der Waals surface area contributed by atoms with Crippen molar-refractivity contribution in [1.29, 1.82) is 0 Å². The second kappa shape index (κ2) is 10.2. The second-order valence-electron chi connectivity index (χ2n) is 8.28. The van der Waals surface area contributed by atoms with Crippen LogP contribution in [0.1, 0.15) is 48.5 Å². The lowest BCUT2D eigenvalue weighted by Crippen LogP contribution is -2.31. The minimum Gasteiger partial charge on any atom is -0.508 e. The van der Waals surface area contributed by atoms with E-state index in [4.69, 9.17) is 9.15 Å². The van der Waals surface area contributed by atoms with Gasteiger partial charge in [0.1, 0.15) is 22.7 Å². The van der Waals surface area contributed by atoms with Gasteiger partial charge in [-0.05, 0) is 64.3 Å². The summed E-state index contributed by atoms with van der Waals surface area (Å²) in [6, 6.07) is 13.3. The molecule has 2 aromatic carbocycles. The predicted molar refractivity (Wildman–Crippen MR) is 124 cm³/mol. The topological polar surface area (TPSA) is 83.1 Å². The van der Waals surface area contributed by atoms with Gasteiger partial charge in [0.05, 0.1) is 6.61 Å². The molecule has 0 radical (unpaired) electrons. The molecule has 0 bridgehead atoms. The lowest BCUT2D eigenvalue weighted by Gasteiger charge is -2.23. The van der Waals surface area contributed by atoms with Crippen molar-refractivity contribution in [2.75, 3.05) is 26.3 Å². The Morgan fingerprint density at radius 2 is 2.03 bits per heavy atom. The molecule has 1 aliphatic rings. The number of ether oxygens (including phenoxy) is 1. The van der Waals surface area contributed by atoms with Crippen LogP contribution in [-0.4, -0.2) is 53.4 Å². The van der Waals surface area contributed by atoms with Crippen LogP contribution in [0.5, 0.6) is 5.75 Å². The van der Waals surface area contributed by atoms with Crippen molar-refractivity contribution in [1.82, 2.24) is 4.90 Å². The highest BCUT2D eigenvalue weighted by Gasteiger charge is 2.27. The molecule has 3 aromatic rings. The summed E-state index contributed by atoms with van der Waals surface area (Å²) in [5, 5.41) is 20.7. The third-order valence-electron chi connectivity index (χ3n) is 6.29. The van der Waals surface area contributed by atoms with E-state index in [9.17, 15) is 15.0 Å². The maximum Gasteiger partial charge on any atom is 0.342 e. The molecule has 0 spiro atoms. The van der Waals surface area contributed by atoms with E-state index in [-0.39, 0.29) is 19.0 Å². The molecule has 4 rings (SSSR count). The minimum absolute atomic E-state index is 0.164. The number of aliphatic hydroxyl groups excluding tert-OH is 1. The van der Waals surface area contributed by atoms with E-state index in [0.29, 0.717) is 34.8 Å². The van der Waals surface area contributed by atoms with Gasteiger partial charge in [0, 0.05) is 29.2 Å². The van der Waals surface area contributed by atoms with Gasteiger partial charge in [0.25, 0.3) is 0 Å². The summed E-state index contributed by atoms with van der Waals surface area (Å²) in [5.41, 5.74) is 2.45. The van der Waals surface area contributed by atoms with Crippen molar-refractivity contribution >= 4 is 16.9 Å². The van der Waals surface area contributed by atoms with Gasteiger partial charge in [-0.2, -0.15) is 0 Å². The largest absolute Gasteiger partial charge is 0.508 e. The monoisotopic (exact) mass is 437 g/mol. The molecule has 32 heavy (non-hydrogen) atoms. The van der Waals surface area contributed by atoms with E-state index in [1.54, 1.807) is 19.1 Å². The van der Waals surface area contributed by atoms with Gasteiger partial charge in [-0.1, -0.05) is 30.3 Å². The molecule has 2 N–H and O–H groups in total. The Morgan fingerprint density at radius 1 is 1.22 bits per heavy atom. The lowest BCUT2D eigenvalue weighted by molar-refractivity contribution is 0.0528. The van der Waals surface area contributed by atoms with Crippen molar-refractivity contribution in [3.63, 3.8) is 0 Å². The van der Waals surface area contributed by atoms with Crippen molar-refractivity contribution in [2.24, 2.45) is 0 Å². The predicted octanol–water partition coefficient (Wildman–Crippen LogP) is 4.76. The van der Waals surface area contributed by atoms with E-state index in [0.717, 1.165) is 49.9 Å². The molecule has 6 nitrogen and oxygen atoms in total. The lowest BCUT2D eigenvalue weighted by atomic mass is 9.98. The number of fused-ring (bicyclic) bond motifs is 1. The number of furan rings is 1. The summed E-state index contributed by atoms with van der Waals surface area (Å²) in [4.78, 5) is 15.4. The van der Waals surface area contributed by atoms with E-state index < -0.39 is 5.97 Å². The minimum atomic E-state index is -0.445. The van der Waals surface area contributed by atoms with Gasteiger partial charge < -0.3 is 24.3 Å². The van der Waals surface area contributed by atoms with Crippen molar-refractivity contribution in [3.05, 3.63) is 53.6 Å². The number of phenols is 1. The number of aliphatic hydroxyl groups is 1. The molecule has 1 aliphatic heterocycles. The zero-order valence-electron chi connectivity index (χ0n) is 18.5. The number of nitrogens with zero attached hydrogens (tertiary/aromatic N) is 1. The normalized spacial score (nSPS) is 16.6. The molecule has 0 amide bonds. The number of carbonyl (C=O) groups excluding carboxylic acids is 1. The SMILES string of the molecule is CCOC(=O)c1c(-c2ccccc2)oc2ccc(O)c(CCCN3CCCC3CCO)c12. The summed E-state index contributed by atoms with van der Waals surface area (Å²) in [7, 11) is 0. The fraction of sp³-hybridized carbons (Fsp3) is 0.423. The van der Waals surface area contributed by atoms with Crippen molar-refractivity contribution < 1.29 is 24.2 Å². The van der Waals surface area contributed by atoms with E-state index in [1.165, 1.54) is 0 Å². The second-order valence-corrected chi connectivity index (χ2v) is 8.28. The highest BCUT2D eigenvalue weighted by molar-refractivity contribution is 6.10. The molecular weight excluding hydrogens is 406 g/mol. The number of hydrogen-bond acceptors (Lipinski definition) is 6. The van der Waals surface area contributed by atoms with Gasteiger partial charge in [0.2, 0.25) is 0 Å². The van der Waals surface area contributed by atoms with Gasteiger partial charge in [-0.25, -0.2) is 4.79 Å². The molecule has 1 fully saturated rings. The van der Waals surface area contributed by atoms with Gasteiger partial charge >= 0.3 is 5.97 Å². The number of esters is 1. The Bertz CT molecular complexity index is 1060. The number of phenolic OH excluding ortho intramolecular Hbond substituents is 1. The molecule has 0 saturated carbocycles. The van der Waals surface area contributed by atoms with Gasteiger partial charge in [-0.3, -0.25) is 0 Å². The zero-order valence-corrected chi connectivity index (χ0v) is 18.5. The summed E-state index contributed by atoms with van der Waals surface area (Å²) >= 11 is 0. The summed E-state index contributed by atoms with van der Waals surface area (Å²) in [6.07, 6.45) is 4.53. The van der Waals surface area contributed by atoms with E-state index in [2.05, 4.69) is 4.90 Å². The van der Waals surface area contributed by atoms with E-state index >= 15 is 0 Å². The van der Waals surface area contributed by atoms with Crippen LogP contribution in [0.3, 0.4) is 0 Å². The van der Waals surface area contributed by atoms with E-state index in [1.807, 2.05) is 30.3 Å². The standard InChI is InChI=1S/C26H31NO5/c1-2-31-26(30)24-23-20(11-7-16-27-15-6-10-19(27)14-17-28)21(29)12-13-22(23)32-25(24)18-8-4-3-5-9-18/h3-5,8-9,12-13,19,28-29H,2,6-7,10-11,14-17H2,1H3. The Balaban J connectivity index is 1.68. The number of aromatic hydroxyl groups is 1. The molecule has 1 unspecified atom stereocenters. The maximum absolute atomic E-state index is 13.0. The van der Waals surface area contributed by atoms with Crippen molar-refractivity contribution in [2.45, 2.75) is 45.1 Å². The molecule has 0 aliphatic carbocycles. The maximum atomic E-state index is 13.0. The number of benzene rings is 2. The molecule has 6 heteroatoms. The van der Waals surface area contributed by atoms with Crippen LogP contribution >= 0.6 is 0 Å². The molecular formula is C26H31NO5. The smallest absolute Gasteiger partial charge is 0.342 e. The van der Waals surface area contributed by atoms with Crippen LogP contribution in [0.2, 0.25) is 0 Å². The number of aryl methyl sites for hydroxylation is 1. The van der Waals surface area contributed by atoms with Crippen LogP contribution in [0.15, 0.2) is 46.9 Å².